The second kappa shape index (κ2) is 9.61. The number of nitrogens with one attached hydrogen (secondary N) is 1. The third-order valence-electron chi connectivity index (χ3n) is 5.52. The van der Waals surface area contributed by atoms with Crippen molar-refractivity contribution in [2.24, 2.45) is 0 Å². The van der Waals surface area contributed by atoms with Crippen molar-refractivity contribution < 1.29 is 36.3 Å². The molecular weight excluding hydrogens is 535 g/mol. The molecule has 0 bridgehead atoms. The topological polar surface area (TPSA) is 118 Å². The summed E-state index contributed by atoms with van der Waals surface area (Å²) < 4.78 is 68.2. The number of halogens is 4. The van der Waals surface area contributed by atoms with Gasteiger partial charge >= 0.3 is 12.1 Å². The van der Waals surface area contributed by atoms with E-state index in [1.165, 1.54) is 49.5 Å². The number of sulfonamides is 1. The molecular formula is C24H17ClF3N3O5S. The number of carbonyl (C=O) groups is 2. The zero-order valence-corrected chi connectivity index (χ0v) is 20.4. The average Bonchev–Trinajstić information content (AvgIpc) is 3.21. The van der Waals surface area contributed by atoms with Crippen molar-refractivity contribution in [2.45, 2.75) is 11.9 Å². The minimum atomic E-state index is -4.90. The number of benzene rings is 3. The number of aromatic carboxylic acids is 1. The molecule has 1 heterocycles. The molecule has 0 aliphatic rings. The smallest absolute Gasteiger partial charge is 0.417 e. The van der Waals surface area contributed by atoms with Crippen LogP contribution in [0.4, 0.5) is 13.2 Å². The van der Waals surface area contributed by atoms with Crippen molar-refractivity contribution in [2.75, 3.05) is 7.05 Å². The average molecular weight is 552 g/mol. The lowest BCUT2D eigenvalue weighted by molar-refractivity contribution is -0.137. The summed E-state index contributed by atoms with van der Waals surface area (Å²) in [5.41, 5.74) is -1.54. The first kappa shape index (κ1) is 26.3. The highest BCUT2D eigenvalue weighted by molar-refractivity contribution is 7.88. The van der Waals surface area contributed by atoms with E-state index < -0.39 is 50.0 Å². The Morgan fingerprint density at radius 1 is 1.08 bits per heavy atom. The molecule has 0 saturated heterocycles. The number of carboxylic acid groups (broad SMARTS) is 1. The molecule has 8 nitrogen and oxygen atoms in total. The molecule has 3 aromatic carbocycles. The number of fused-ring (bicyclic) bond motifs is 1. The summed E-state index contributed by atoms with van der Waals surface area (Å²) in [7, 11) is -2.49. The lowest BCUT2D eigenvalue weighted by Gasteiger charge is -2.13. The maximum Gasteiger partial charge on any atom is 0.417 e. The lowest BCUT2D eigenvalue weighted by atomic mass is 10.0. The summed E-state index contributed by atoms with van der Waals surface area (Å²) in [6.07, 6.45) is -4.90. The molecule has 0 aliphatic carbocycles. The van der Waals surface area contributed by atoms with Crippen LogP contribution in [0.1, 0.15) is 31.8 Å². The van der Waals surface area contributed by atoms with E-state index in [-0.39, 0.29) is 33.3 Å². The molecule has 0 amide bonds. The third kappa shape index (κ3) is 5.22. The molecule has 192 valence electrons. The molecule has 1 aromatic heterocycles. The molecule has 37 heavy (non-hydrogen) atoms. The molecule has 13 heteroatoms. The van der Waals surface area contributed by atoms with Gasteiger partial charge in [0, 0.05) is 10.9 Å². The number of carboxylic acids is 1. The zero-order valence-electron chi connectivity index (χ0n) is 18.9. The number of rotatable bonds is 6. The fourth-order valence-corrected chi connectivity index (χ4v) is 4.81. The SMILES string of the molecule is CNS(=O)(=O)Cc1ccc2c(-c3cccc(C(=O)O)c3)nn(C(=O)c3c(Cl)cccc3C(F)(F)F)c2c1. The van der Waals surface area contributed by atoms with Crippen molar-refractivity contribution in [3.8, 4) is 11.3 Å². The molecule has 0 radical (unpaired) electrons. The second-order valence-electron chi connectivity index (χ2n) is 7.93. The first-order valence-corrected chi connectivity index (χ1v) is 12.5. The van der Waals surface area contributed by atoms with Gasteiger partial charge in [0.25, 0.3) is 5.91 Å². The van der Waals surface area contributed by atoms with Gasteiger partial charge < -0.3 is 5.11 Å². The van der Waals surface area contributed by atoms with Gasteiger partial charge in [0.15, 0.2) is 0 Å². The van der Waals surface area contributed by atoms with Gasteiger partial charge in [0.05, 0.1) is 33.0 Å². The third-order valence-corrected chi connectivity index (χ3v) is 7.17. The molecule has 4 aromatic rings. The Labute approximate surface area is 213 Å². The zero-order chi connectivity index (χ0) is 27.1. The normalized spacial score (nSPS) is 12.1. The summed E-state index contributed by atoms with van der Waals surface area (Å²) in [4.78, 5) is 25.0. The van der Waals surface area contributed by atoms with E-state index in [4.69, 9.17) is 11.6 Å². The Morgan fingerprint density at radius 2 is 1.78 bits per heavy atom. The Hall–Kier alpha value is -3.74. The predicted octanol–water partition coefficient (Wildman–Crippen LogP) is 4.81. The largest absolute Gasteiger partial charge is 0.478 e. The molecule has 0 fully saturated rings. The summed E-state index contributed by atoms with van der Waals surface area (Å²) in [6.45, 7) is 0. The monoisotopic (exact) mass is 551 g/mol. The fraction of sp³-hybridized carbons (Fsp3) is 0.125. The molecule has 0 unspecified atom stereocenters. The van der Waals surface area contributed by atoms with E-state index in [0.29, 0.717) is 10.7 Å². The van der Waals surface area contributed by atoms with Crippen molar-refractivity contribution in [1.82, 2.24) is 14.5 Å². The Morgan fingerprint density at radius 3 is 2.43 bits per heavy atom. The predicted molar refractivity (Wildman–Crippen MR) is 130 cm³/mol. The van der Waals surface area contributed by atoms with Crippen LogP contribution in [0.25, 0.3) is 22.2 Å². The Kier molecular flexibility index (Phi) is 6.84. The van der Waals surface area contributed by atoms with Gasteiger partial charge in [-0.25, -0.2) is 17.9 Å². The number of carbonyl (C=O) groups excluding carboxylic acids is 1. The van der Waals surface area contributed by atoms with Crippen LogP contribution in [0.2, 0.25) is 5.02 Å². The van der Waals surface area contributed by atoms with Crippen LogP contribution in [0, 0.1) is 0 Å². The minimum Gasteiger partial charge on any atom is -0.478 e. The van der Waals surface area contributed by atoms with Crippen LogP contribution in [-0.2, 0) is 22.0 Å². The van der Waals surface area contributed by atoms with Crippen LogP contribution >= 0.6 is 11.6 Å². The van der Waals surface area contributed by atoms with E-state index in [2.05, 4.69) is 9.82 Å². The van der Waals surface area contributed by atoms with Crippen molar-refractivity contribution in [3.63, 3.8) is 0 Å². The van der Waals surface area contributed by atoms with Crippen LogP contribution < -0.4 is 4.72 Å². The summed E-state index contributed by atoms with van der Waals surface area (Å²) >= 11 is 6.03. The standard InChI is InChI=1S/C24H17ClF3N3O5S/c1-29-37(35,36)12-13-8-9-16-19(10-13)31(30-21(16)14-4-2-5-15(11-14)23(33)34)22(32)20-17(24(26,27)28)6-3-7-18(20)25/h2-11,29H,12H2,1H3,(H,33,34). The first-order chi connectivity index (χ1) is 17.3. The Balaban J connectivity index is 2.00. The van der Waals surface area contributed by atoms with Crippen LogP contribution in [0.5, 0.6) is 0 Å². The van der Waals surface area contributed by atoms with E-state index in [1.807, 2.05) is 0 Å². The van der Waals surface area contributed by atoms with Crippen LogP contribution in [-0.4, -0.2) is 42.2 Å². The maximum absolute atomic E-state index is 13.7. The molecule has 0 aliphatic heterocycles. The number of alkyl halides is 3. The quantitative estimate of drug-likeness (QED) is 0.355. The van der Waals surface area contributed by atoms with Gasteiger partial charge in [-0.3, -0.25) is 4.79 Å². The van der Waals surface area contributed by atoms with E-state index in [1.54, 1.807) is 0 Å². The second-order valence-corrected chi connectivity index (χ2v) is 10.3. The van der Waals surface area contributed by atoms with Crippen molar-refractivity contribution >= 4 is 44.4 Å². The number of nitrogens with zero attached hydrogens (tertiary/aromatic N) is 2. The van der Waals surface area contributed by atoms with Crippen LogP contribution in [0.15, 0.2) is 60.7 Å². The highest BCUT2D eigenvalue weighted by Crippen LogP contribution is 2.37. The maximum atomic E-state index is 13.7. The van der Waals surface area contributed by atoms with E-state index in [9.17, 15) is 36.3 Å². The summed E-state index contributed by atoms with van der Waals surface area (Å²) in [5.74, 6) is -2.88. The molecule has 4 rings (SSSR count). The number of hydrogen-bond donors (Lipinski definition) is 2. The fourth-order valence-electron chi connectivity index (χ4n) is 3.79. The van der Waals surface area contributed by atoms with E-state index >= 15 is 0 Å². The lowest BCUT2D eigenvalue weighted by Crippen LogP contribution is -2.21. The van der Waals surface area contributed by atoms with Gasteiger partial charge in [-0.15, -0.1) is 0 Å². The minimum absolute atomic E-state index is 0.0116. The molecule has 2 N–H and O–H groups in total. The molecule has 0 saturated carbocycles. The van der Waals surface area contributed by atoms with Gasteiger partial charge in [-0.1, -0.05) is 41.9 Å². The van der Waals surface area contributed by atoms with Gasteiger partial charge in [-0.05, 0) is 42.9 Å². The van der Waals surface area contributed by atoms with Crippen LogP contribution in [0.3, 0.4) is 0 Å². The van der Waals surface area contributed by atoms with Gasteiger partial charge in [-0.2, -0.15) is 23.0 Å². The van der Waals surface area contributed by atoms with E-state index in [0.717, 1.165) is 12.1 Å². The summed E-state index contributed by atoms with van der Waals surface area (Å²) in [5, 5.41) is 13.4. The first-order valence-electron chi connectivity index (χ1n) is 10.5. The van der Waals surface area contributed by atoms with Gasteiger partial charge in [0.1, 0.15) is 5.69 Å². The highest BCUT2D eigenvalue weighted by atomic mass is 35.5. The number of hydrogen-bond acceptors (Lipinski definition) is 5. The number of aromatic nitrogens is 2. The Bertz CT molecular complexity index is 1670. The summed E-state index contributed by atoms with van der Waals surface area (Å²) in [6, 6.07) is 12.8. The van der Waals surface area contributed by atoms with Gasteiger partial charge in [0.2, 0.25) is 10.0 Å². The molecule has 0 spiro atoms. The van der Waals surface area contributed by atoms with Crippen molar-refractivity contribution in [3.05, 3.63) is 87.9 Å². The van der Waals surface area contributed by atoms with Crippen molar-refractivity contribution in [1.29, 1.82) is 0 Å². The molecule has 0 atom stereocenters. The highest BCUT2D eigenvalue weighted by Gasteiger charge is 2.37.